The van der Waals surface area contributed by atoms with Crippen LogP contribution in [0.5, 0.6) is 0 Å². The first-order chi connectivity index (χ1) is 10.6. The summed E-state index contributed by atoms with van der Waals surface area (Å²) in [6.45, 7) is 2.39. The zero-order valence-corrected chi connectivity index (χ0v) is 16.6. The number of carbonyl (C=O) groups excluding carboxylic acids is 1. The SMILES string of the molecule is CC(C1CCCC1)C([SiH3])(C(=O)OC1CCCC1)C1CCCC1. The van der Waals surface area contributed by atoms with Gasteiger partial charge in [0, 0.05) is 10.2 Å². The summed E-state index contributed by atoms with van der Waals surface area (Å²) in [6, 6.07) is 0. The van der Waals surface area contributed by atoms with Crippen molar-refractivity contribution in [3.05, 3.63) is 0 Å². The molecule has 0 N–H and O–H groups in total. The first kappa shape index (κ1) is 16.5. The number of rotatable bonds is 5. The molecule has 0 aliphatic heterocycles. The van der Waals surface area contributed by atoms with Gasteiger partial charge < -0.3 is 4.74 Å². The molecule has 0 bridgehead atoms. The van der Waals surface area contributed by atoms with Crippen LogP contribution in [0.3, 0.4) is 0 Å². The highest BCUT2D eigenvalue weighted by atomic mass is 28.1. The van der Waals surface area contributed by atoms with Crippen LogP contribution in [0.2, 0.25) is 5.04 Å². The van der Waals surface area contributed by atoms with Crippen molar-refractivity contribution in [2.45, 2.75) is 95.1 Å². The number of carbonyl (C=O) groups is 1. The Morgan fingerprint density at radius 3 is 2.05 bits per heavy atom. The molecule has 2 atom stereocenters. The van der Waals surface area contributed by atoms with Gasteiger partial charge in [0.1, 0.15) is 6.10 Å². The molecule has 3 aliphatic carbocycles. The average molecular weight is 323 g/mol. The van der Waals surface area contributed by atoms with E-state index in [1.54, 1.807) is 0 Å². The molecule has 3 heteroatoms. The summed E-state index contributed by atoms with van der Waals surface area (Å²) in [5, 5.41) is -0.103. The van der Waals surface area contributed by atoms with Crippen molar-refractivity contribution in [3.8, 4) is 0 Å². The van der Waals surface area contributed by atoms with Crippen molar-refractivity contribution in [1.29, 1.82) is 0 Å². The maximum absolute atomic E-state index is 13.2. The Hall–Kier alpha value is -0.313. The molecule has 0 amide bonds. The first-order valence-electron chi connectivity index (χ1n) is 9.83. The smallest absolute Gasteiger partial charge is 0.309 e. The first-order valence-corrected chi connectivity index (χ1v) is 10.8. The molecule has 0 aromatic carbocycles. The fourth-order valence-corrected chi connectivity index (χ4v) is 6.65. The van der Waals surface area contributed by atoms with Crippen molar-refractivity contribution in [3.63, 3.8) is 0 Å². The molecule has 3 saturated carbocycles. The molecule has 0 saturated heterocycles. The normalized spacial score (nSPS) is 29.0. The Bertz CT molecular complexity index is 379. The van der Waals surface area contributed by atoms with Crippen LogP contribution in [0.4, 0.5) is 0 Å². The minimum atomic E-state index is -0.103. The Labute approximate surface area is 139 Å². The molecule has 126 valence electrons. The molecular weight excluding hydrogens is 288 g/mol. The van der Waals surface area contributed by atoms with E-state index in [-0.39, 0.29) is 17.1 Å². The van der Waals surface area contributed by atoms with Crippen LogP contribution in [-0.4, -0.2) is 22.3 Å². The maximum Gasteiger partial charge on any atom is 0.309 e. The van der Waals surface area contributed by atoms with Crippen LogP contribution in [0.25, 0.3) is 0 Å². The largest absolute Gasteiger partial charge is 0.462 e. The Morgan fingerprint density at radius 2 is 1.45 bits per heavy atom. The maximum atomic E-state index is 13.2. The lowest BCUT2D eigenvalue weighted by Gasteiger charge is -2.42. The molecule has 0 spiro atoms. The molecule has 0 heterocycles. The van der Waals surface area contributed by atoms with Crippen LogP contribution in [0, 0.1) is 17.8 Å². The third kappa shape index (κ3) is 3.15. The van der Waals surface area contributed by atoms with E-state index in [4.69, 9.17) is 4.74 Å². The minimum Gasteiger partial charge on any atom is -0.462 e. The van der Waals surface area contributed by atoms with Crippen molar-refractivity contribution in [1.82, 2.24) is 0 Å². The second-order valence-electron chi connectivity index (χ2n) is 8.41. The lowest BCUT2D eigenvalue weighted by Crippen LogP contribution is -2.42. The molecule has 3 aliphatic rings. The van der Waals surface area contributed by atoms with Gasteiger partial charge in [0.25, 0.3) is 0 Å². The monoisotopic (exact) mass is 322 g/mol. The third-order valence-corrected chi connectivity index (χ3v) is 9.41. The molecule has 3 fully saturated rings. The lowest BCUT2D eigenvalue weighted by atomic mass is 9.73. The van der Waals surface area contributed by atoms with E-state index in [0.717, 1.165) is 29.0 Å². The summed E-state index contributed by atoms with van der Waals surface area (Å²) < 4.78 is 6.07. The Balaban J connectivity index is 1.76. The number of esters is 1. The van der Waals surface area contributed by atoms with E-state index < -0.39 is 0 Å². The molecule has 2 unspecified atom stereocenters. The molecule has 0 aromatic rings. The van der Waals surface area contributed by atoms with Crippen molar-refractivity contribution in [2.24, 2.45) is 17.8 Å². The number of ether oxygens (including phenoxy) is 1. The highest BCUT2D eigenvalue weighted by Crippen LogP contribution is 2.54. The van der Waals surface area contributed by atoms with Crippen molar-refractivity contribution in [2.75, 3.05) is 0 Å². The van der Waals surface area contributed by atoms with Gasteiger partial charge in [-0.05, 0) is 56.3 Å². The summed E-state index contributed by atoms with van der Waals surface area (Å²) in [6.07, 6.45) is 15.5. The van der Waals surface area contributed by atoms with E-state index in [9.17, 15) is 4.79 Å². The van der Waals surface area contributed by atoms with Crippen LogP contribution in [0.15, 0.2) is 0 Å². The molecule has 22 heavy (non-hydrogen) atoms. The predicted molar refractivity (Wildman–Crippen MR) is 94.1 cm³/mol. The summed E-state index contributed by atoms with van der Waals surface area (Å²) in [5.41, 5.74) is 0. The topological polar surface area (TPSA) is 26.3 Å². The standard InChI is InChI=1S/C19H34O2Si/c1-14(15-8-2-3-9-15)19(22,16-10-4-5-11-16)18(20)21-17-12-6-7-13-17/h14-17H,2-13H2,1,22H3. The summed E-state index contributed by atoms with van der Waals surface area (Å²) in [5.74, 6) is 2.13. The fourth-order valence-electron chi connectivity index (χ4n) is 5.48. The van der Waals surface area contributed by atoms with E-state index >= 15 is 0 Å². The minimum absolute atomic E-state index is 0.103. The average Bonchev–Trinajstić information content (AvgIpc) is 3.26. The lowest BCUT2D eigenvalue weighted by molar-refractivity contribution is -0.157. The van der Waals surface area contributed by atoms with Crippen LogP contribution in [-0.2, 0) is 9.53 Å². The van der Waals surface area contributed by atoms with Crippen LogP contribution in [0.1, 0.15) is 84.0 Å². The predicted octanol–water partition coefficient (Wildman–Crippen LogP) is 4.01. The zero-order chi connectivity index (χ0) is 15.6. The zero-order valence-electron chi connectivity index (χ0n) is 14.6. The second-order valence-corrected chi connectivity index (χ2v) is 10.1. The molecule has 0 radical (unpaired) electrons. The van der Waals surface area contributed by atoms with E-state index in [1.165, 1.54) is 64.2 Å². The fraction of sp³-hybridized carbons (Fsp3) is 0.947. The summed E-state index contributed by atoms with van der Waals surface area (Å²) in [4.78, 5) is 13.2. The van der Waals surface area contributed by atoms with Gasteiger partial charge in [-0.25, -0.2) is 0 Å². The van der Waals surface area contributed by atoms with Gasteiger partial charge in [-0.3, -0.25) is 4.79 Å². The van der Waals surface area contributed by atoms with E-state index in [0.29, 0.717) is 11.8 Å². The van der Waals surface area contributed by atoms with Gasteiger partial charge in [-0.1, -0.05) is 45.4 Å². The summed E-state index contributed by atoms with van der Waals surface area (Å²) >= 11 is 0. The van der Waals surface area contributed by atoms with Gasteiger partial charge in [0.15, 0.2) is 0 Å². The molecule has 2 nitrogen and oxygen atoms in total. The number of hydrogen-bond acceptors (Lipinski definition) is 2. The quantitative estimate of drug-likeness (QED) is 0.564. The van der Waals surface area contributed by atoms with Gasteiger partial charge in [0.2, 0.25) is 0 Å². The third-order valence-electron chi connectivity index (χ3n) is 7.27. The van der Waals surface area contributed by atoms with Crippen molar-refractivity contribution >= 4 is 16.2 Å². The van der Waals surface area contributed by atoms with Crippen LogP contribution < -0.4 is 0 Å². The highest BCUT2D eigenvalue weighted by Gasteiger charge is 2.50. The molecular formula is C19H34O2Si. The Morgan fingerprint density at radius 1 is 0.955 bits per heavy atom. The van der Waals surface area contributed by atoms with Crippen molar-refractivity contribution < 1.29 is 9.53 Å². The number of hydrogen-bond donors (Lipinski definition) is 0. The Kier molecular flexibility index (Phi) is 5.31. The van der Waals surface area contributed by atoms with E-state index in [1.807, 2.05) is 0 Å². The molecule has 3 rings (SSSR count). The molecule has 0 aromatic heterocycles. The van der Waals surface area contributed by atoms with Gasteiger partial charge in [0.05, 0.1) is 5.04 Å². The summed E-state index contributed by atoms with van der Waals surface area (Å²) in [7, 11) is 0.970. The van der Waals surface area contributed by atoms with Crippen LogP contribution >= 0.6 is 0 Å². The van der Waals surface area contributed by atoms with Gasteiger partial charge >= 0.3 is 5.97 Å². The van der Waals surface area contributed by atoms with Gasteiger partial charge in [-0.2, -0.15) is 0 Å². The highest BCUT2D eigenvalue weighted by molar-refractivity contribution is 6.27. The second kappa shape index (κ2) is 7.07. The van der Waals surface area contributed by atoms with Gasteiger partial charge in [-0.15, -0.1) is 0 Å². The van der Waals surface area contributed by atoms with E-state index in [2.05, 4.69) is 6.92 Å².